The van der Waals surface area contributed by atoms with Gasteiger partial charge < -0.3 is 4.74 Å². The maximum absolute atomic E-state index is 10.8. The van der Waals surface area contributed by atoms with E-state index in [0.29, 0.717) is 0 Å². The summed E-state index contributed by atoms with van der Waals surface area (Å²) in [5, 5.41) is 0. The average Bonchev–Trinajstić information content (AvgIpc) is 2.36. The summed E-state index contributed by atoms with van der Waals surface area (Å²) in [5.74, 6) is 0.858. The first-order valence-electron chi connectivity index (χ1n) is 6.41. The lowest BCUT2D eigenvalue weighted by atomic mass is 9.70. The second-order valence-electron chi connectivity index (χ2n) is 5.19. The summed E-state index contributed by atoms with van der Waals surface area (Å²) >= 11 is 3.65. The van der Waals surface area contributed by atoms with Gasteiger partial charge in [-0.3, -0.25) is 0 Å². The molecule has 0 spiro atoms. The van der Waals surface area contributed by atoms with Gasteiger partial charge in [-0.15, -0.1) is 0 Å². The molecule has 1 fully saturated rings. The molecule has 1 aliphatic carbocycles. The summed E-state index contributed by atoms with van der Waals surface area (Å²) in [4.78, 5) is 14.9. The van der Waals surface area contributed by atoms with Crippen LogP contribution in [0.4, 0.5) is 0 Å². The van der Waals surface area contributed by atoms with Crippen molar-refractivity contribution in [2.75, 3.05) is 7.11 Å². The molecule has 1 aromatic rings. The molecule has 102 valence electrons. The van der Waals surface area contributed by atoms with Crippen molar-refractivity contribution in [3.8, 4) is 5.75 Å². The second kappa shape index (κ2) is 5.10. The lowest BCUT2D eigenvalue weighted by molar-refractivity contribution is 0.244. The zero-order chi connectivity index (χ0) is 14.2. The predicted octanol–water partition coefficient (Wildman–Crippen LogP) is 4.10. The smallest absolute Gasteiger partial charge is 0.235 e. The Kier molecular flexibility index (Phi) is 3.84. The molecule has 0 amide bonds. The number of nitrogens with zero attached hydrogens (tertiary/aromatic N) is 1. The molecular formula is C15H18BrNO2. The SMILES string of the molecule is COc1c(C)c(C)c(Br)c(C)c1C1(N=C=O)CCC1. The maximum atomic E-state index is 10.8. The fourth-order valence-electron chi connectivity index (χ4n) is 2.92. The van der Waals surface area contributed by atoms with Gasteiger partial charge in [0.2, 0.25) is 6.08 Å². The summed E-state index contributed by atoms with van der Waals surface area (Å²) in [6.07, 6.45) is 4.59. The number of rotatable bonds is 3. The molecule has 0 aliphatic heterocycles. The summed E-state index contributed by atoms with van der Waals surface area (Å²) in [5.41, 5.74) is 3.99. The van der Waals surface area contributed by atoms with E-state index in [0.717, 1.165) is 46.2 Å². The molecular weight excluding hydrogens is 306 g/mol. The van der Waals surface area contributed by atoms with Crippen LogP contribution in [0.3, 0.4) is 0 Å². The van der Waals surface area contributed by atoms with Crippen molar-refractivity contribution in [3.05, 3.63) is 26.7 Å². The highest BCUT2D eigenvalue weighted by atomic mass is 79.9. The minimum absolute atomic E-state index is 0.432. The van der Waals surface area contributed by atoms with Gasteiger partial charge in [-0.05, 0) is 56.7 Å². The van der Waals surface area contributed by atoms with Gasteiger partial charge in [-0.1, -0.05) is 15.9 Å². The third kappa shape index (κ3) is 2.03. The van der Waals surface area contributed by atoms with E-state index in [1.54, 1.807) is 13.2 Å². The van der Waals surface area contributed by atoms with Gasteiger partial charge in [-0.25, -0.2) is 4.79 Å². The number of halogens is 1. The molecule has 0 atom stereocenters. The minimum atomic E-state index is -0.432. The lowest BCUT2D eigenvalue weighted by Gasteiger charge is -2.40. The highest BCUT2D eigenvalue weighted by Gasteiger charge is 2.43. The Morgan fingerprint density at radius 1 is 1.21 bits per heavy atom. The Morgan fingerprint density at radius 3 is 2.26 bits per heavy atom. The van der Waals surface area contributed by atoms with Crippen LogP contribution in [0.1, 0.15) is 41.5 Å². The van der Waals surface area contributed by atoms with Crippen molar-refractivity contribution >= 4 is 22.0 Å². The maximum Gasteiger partial charge on any atom is 0.235 e. The highest BCUT2D eigenvalue weighted by molar-refractivity contribution is 9.10. The summed E-state index contributed by atoms with van der Waals surface area (Å²) in [6.45, 7) is 6.16. The Morgan fingerprint density at radius 2 is 1.84 bits per heavy atom. The Hall–Kier alpha value is -1.12. The van der Waals surface area contributed by atoms with Crippen LogP contribution in [0.5, 0.6) is 5.75 Å². The van der Waals surface area contributed by atoms with E-state index in [-0.39, 0.29) is 0 Å². The number of hydrogen-bond donors (Lipinski definition) is 0. The first kappa shape index (κ1) is 14.3. The number of hydrogen-bond acceptors (Lipinski definition) is 3. The van der Waals surface area contributed by atoms with Gasteiger partial charge in [-0.2, -0.15) is 4.99 Å². The van der Waals surface area contributed by atoms with Gasteiger partial charge >= 0.3 is 0 Å². The van der Waals surface area contributed by atoms with Gasteiger partial charge in [0.25, 0.3) is 0 Å². The van der Waals surface area contributed by atoms with Crippen molar-refractivity contribution in [1.29, 1.82) is 0 Å². The van der Waals surface area contributed by atoms with Crippen LogP contribution >= 0.6 is 15.9 Å². The van der Waals surface area contributed by atoms with Gasteiger partial charge in [0.15, 0.2) is 0 Å². The third-order valence-electron chi connectivity index (χ3n) is 4.27. The van der Waals surface area contributed by atoms with E-state index in [1.165, 1.54) is 5.56 Å². The van der Waals surface area contributed by atoms with Gasteiger partial charge in [0.05, 0.1) is 7.11 Å². The number of ether oxygens (including phenoxy) is 1. The second-order valence-corrected chi connectivity index (χ2v) is 5.98. The Balaban J connectivity index is 2.79. The number of aliphatic imine (C=N–C) groups is 1. The topological polar surface area (TPSA) is 38.7 Å². The predicted molar refractivity (Wildman–Crippen MR) is 78.6 cm³/mol. The fraction of sp³-hybridized carbons (Fsp3) is 0.533. The van der Waals surface area contributed by atoms with Crippen molar-refractivity contribution in [2.45, 2.75) is 45.6 Å². The monoisotopic (exact) mass is 323 g/mol. The van der Waals surface area contributed by atoms with Gasteiger partial charge in [0.1, 0.15) is 11.3 Å². The lowest BCUT2D eigenvalue weighted by Crippen LogP contribution is -2.33. The van der Waals surface area contributed by atoms with Crippen molar-refractivity contribution in [1.82, 2.24) is 0 Å². The molecule has 1 aromatic carbocycles. The number of benzene rings is 1. The zero-order valence-electron chi connectivity index (χ0n) is 11.8. The molecule has 19 heavy (non-hydrogen) atoms. The molecule has 0 heterocycles. The van der Waals surface area contributed by atoms with E-state index in [9.17, 15) is 4.79 Å². The highest BCUT2D eigenvalue weighted by Crippen LogP contribution is 2.52. The normalized spacial score (nSPS) is 16.5. The van der Waals surface area contributed by atoms with Crippen molar-refractivity contribution in [3.63, 3.8) is 0 Å². The molecule has 4 heteroatoms. The standard InChI is InChI=1S/C15H18BrNO2/c1-9-10(2)14(19-4)12(11(3)13(9)16)15(17-8-18)6-5-7-15/h5-7H2,1-4H3. The number of carbonyl (C=O) groups excluding carboxylic acids is 1. The van der Waals surface area contributed by atoms with Crippen LogP contribution in [0.25, 0.3) is 0 Å². The Labute approximate surface area is 122 Å². The van der Waals surface area contributed by atoms with Crippen LogP contribution in [0.15, 0.2) is 9.47 Å². The first-order chi connectivity index (χ1) is 8.98. The number of isocyanates is 1. The summed E-state index contributed by atoms with van der Waals surface area (Å²) in [6, 6.07) is 0. The van der Waals surface area contributed by atoms with Crippen LogP contribution in [-0.2, 0) is 10.3 Å². The number of methoxy groups -OCH3 is 1. The van der Waals surface area contributed by atoms with E-state index in [1.807, 2.05) is 6.92 Å². The zero-order valence-corrected chi connectivity index (χ0v) is 13.3. The van der Waals surface area contributed by atoms with E-state index in [2.05, 4.69) is 34.8 Å². The molecule has 0 N–H and O–H groups in total. The minimum Gasteiger partial charge on any atom is -0.496 e. The van der Waals surface area contributed by atoms with Crippen LogP contribution in [0, 0.1) is 20.8 Å². The molecule has 1 saturated carbocycles. The van der Waals surface area contributed by atoms with Crippen molar-refractivity contribution < 1.29 is 9.53 Å². The molecule has 0 bridgehead atoms. The summed E-state index contributed by atoms with van der Waals surface area (Å²) in [7, 11) is 1.68. The third-order valence-corrected chi connectivity index (χ3v) is 5.46. The van der Waals surface area contributed by atoms with E-state index >= 15 is 0 Å². The van der Waals surface area contributed by atoms with Crippen LogP contribution in [-0.4, -0.2) is 13.2 Å². The van der Waals surface area contributed by atoms with Crippen LogP contribution < -0.4 is 4.74 Å². The quantitative estimate of drug-likeness (QED) is 0.620. The average molecular weight is 324 g/mol. The largest absolute Gasteiger partial charge is 0.496 e. The molecule has 1 aliphatic rings. The Bertz CT molecular complexity index is 570. The summed E-state index contributed by atoms with van der Waals surface area (Å²) < 4.78 is 6.69. The van der Waals surface area contributed by atoms with E-state index < -0.39 is 5.54 Å². The molecule has 3 nitrogen and oxygen atoms in total. The first-order valence-corrected chi connectivity index (χ1v) is 7.20. The van der Waals surface area contributed by atoms with Gasteiger partial charge in [0, 0.05) is 10.0 Å². The molecule has 0 radical (unpaired) electrons. The molecule has 0 aromatic heterocycles. The van der Waals surface area contributed by atoms with E-state index in [4.69, 9.17) is 4.74 Å². The molecule has 2 rings (SSSR count). The molecule has 0 unspecified atom stereocenters. The fourth-order valence-corrected chi connectivity index (χ4v) is 3.41. The molecule has 0 saturated heterocycles. The van der Waals surface area contributed by atoms with Crippen LogP contribution in [0.2, 0.25) is 0 Å². The van der Waals surface area contributed by atoms with Crippen molar-refractivity contribution in [2.24, 2.45) is 4.99 Å².